The monoisotopic (exact) mass is 278 g/mol. The van der Waals surface area contributed by atoms with Crippen LogP contribution in [0.15, 0.2) is 36.5 Å². The summed E-state index contributed by atoms with van der Waals surface area (Å²) in [7, 11) is 0. The van der Waals surface area contributed by atoms with Crippen molar-refractivity contribution in [2.75, 3.05) is 0 Å². The zero-order valence-electron chi connectivity index (χ0n) is 13.7. The largest absolute Gasteiger partial charge is 0.460 e. The minimum Gasteiger partial charge on any atom is -0.460 e. The number of carbonyl (C=O) groups is 1. The first-order valence-electron chi connectivity index (χ1n) is 7.53. The minimum atomic E-state index is -0.281. The van der Waals surface area contributed by atoms with E-state index in [1.807, 2.05) is 19.9 Å². The second-order valence-corrected chi connectivity index (χ2v) is 6.33. The molecule has 0 heterocycles. The number of hydrogen-bond donors (Lipinski definition) is 0. The summed E-state index contributed by atoms with van der Waals surface area (Å²) in [6.07, 6.45) is 16.3. The van der Waals surface area contributed by atoms with Crippen LogP contribution < -0.4 is 0 Å². The van der Waals surface area contributed by atoms with E-state index in [4.69, 9.17) is 4.74 Å². The molecule has 0 rings (SSSR count). The van der Waals surface area contributed by atoms with E-state index in [1.165, 1.54) is 18.9 Å². The van der Waals surface area contributed by atoms with Crippen LogP contribution in [-0.2, 0) is 9.53 Å². The van der Waals surface area contributed by atoms with Crippen LogP contribution in [0.1, 0.15) is 60.3 Å². The standard InChI is InChI=1S/C18H30O2/c1-16(2)20-17(19)14-12-10-8-6-7-9-11-13-15-18(3,4)5/h8,10,12-16H,6-7,9,11H2,1-5H3. The molecule has 0 aliphatic rings. The van der Waals surface area contributed by atoms with Crippen molar-refractivity contribution in [1.82, 2.24) is 0 Å². The summed E-state index contributed by atoms with van der Waals surface area (Å²) in [6.45, 7) is 10.3. The Bertz CT molecular complexity index is 341. The lowest BCUT2D eigenvalue weighted by Gasteiger charge is -2.10. The van der Waals surface area contributed by atoms with Gasteiger partial charge in [0.15, 0.2) is 0 Å². The Morgan fingerprint density at radius 1 is 1.05 bits per heavy atom. The molecule has 0 radical (unpaired) electrons. The number of esters is 1. The summed E-state index contributed by atoms with van der Waals surface area (Å²) in [6, 6.07) is 0. The van der Waals surface area contributed by atoms with Gasteiger partial charge in [0.2, 0.25) is 0 Å². The maximum atomic E-state index is 11.2. The summed E-state index contributed by atoms with van der Waals surface area (Å²) in [5.74, 6) is -0.281. The Labute approximate surface area is 124 Å². The molecule has 0 unspecified atom stereocenters. The number of carbonyl (C=O) groups excluding carboxylic acids is 1. The van der Waals surface area contributed by atoms with Crippen molar-refractivity contribution in [3.05, 3.63) is 36.5 Å². The molecule has 2 heteroatoms. The number of allylic oxidation sites excluding steroid dienone is 5. The molecule has 0 saturated heterocycles. The van der Waals surface area contributed by atoms with E-state index < -0.39 is 0 Å². The molecule has 0 aromatic heterocycles. The van der Waals surface area contributed by atoms with Gasteiger partial charge in [-0.15, -0.1) is 0 Å². The van der Waals surface area contributed by atoms with Crippen LogP contribution in [0.2, 0.25) is 0 Å². The fourth-order valence-electron chi connectivity index (χ4n) is 1.54. The predicted octanol–water partition coefficient (Wildman–Crippen LogP) is 5.21. The lowest BCUT2D eigenvalue weighted by molar-refractivity contribution is -0.141. The third-order valence-electron chi connectivity index (χ3n) is 2.44. The van der Waals surface area contributed by atoms with Crippen molar-refractivity contribution < 1.29 is 9.53 Å². The molecule has 0 saturated carbocycles. The molecular weight excluding hydrogens is 248 g/mol. The first-order chi connectivity index (χ1) is 9.31. The van der Waals surface area contributed by atoms with Crippen molar-refractivity contribution in [3.8, 4) is 0 Å². The smallest absolute Gasteiger partial charge is 0.330 e. The van der Waals surface area contributed by atoms with Gasteiger partial charge in [0.25, 0.3) is 0 Å². The average Bonchev–Trinajstić information content (AvgIpc) is 2.29. The molecule has 0 fully saturated rings. The highest BCUT2D eigenvalue weighted by atomic mass is 16.5. The van der Waals surface area contributed by atoms with E-state index in [-0.39, 0.29) is 17.5 Å². The Kier molecular flexibility index (Phi) is 9.79. The molecular formula is C18H30O2. The van der Waals surface area contributed by atoms with Gasteiger partial charge in [-0.1, -0.05) is 51.2 Å². The van der Waals surface area contributed by atoms with Gasteiger partial charge in [-0.25, -0.2) is 4.79 Å². The van der Waals surface area contributed by atoms with Gasteiger partial charge in [-0.05, 0) is 44.9 Å². The Morgan fingerprint density at radius 3 is 2.20 bits per heavy atom. The van der Waals surface area contributed by atoms with Crippen molar-refractivity contribution in [2.24, 2.45) is 5.41 Å². The van der Waals surface area contributed by atoms with E-state index in [0.29, 0.717) is 0 Å². The normalized spacial score (nSPS) is 13.1. The molecule has 0 spiro atoms. The number of rotatable bonds is 8. The third-order valence-corrected chi connectivity index (χ3v) is 2.44. The van der Waals surface area contributed by atoms with Crippen LogP contribution >= 0.6 is 0 Å². The summed E-state index contributed by atoms with van der Waals surface area (Å²) < 4.78 is 4.98. The van der Waals surface area contributed by atoms with Crippen LogP contribution in [0.4, 0.5) is 0 Å². The number of ether oxygens (including phenoxy) is 1. The van der Waals surface area contributed by atoms with E-state index in [2.05, 4.69) is 39.0 Å². The van der Waals surface area contributed by atoms with Crippen LogP contribution in [-0.4, -0.2) is 12.1 Å². The second-order valence-electron chi connectivity index (χ2n) is 6.33. The topological polar surface area (TPSA) is 26.3 Å². The van der Waals surface area contributed by atoms with Crippen LogP contribution in [0.3, 0.4) is 0 Å². The molecule has 0 amide bonds. The molecule has 0 aromatic carbocycles. The SMILES string of the molecule is CC(C)OC(=O)C=CC=CCCCCC=CC(C)(C)C. The molecule has 0 atom stereocenters. The molecule has 114 valence electrons. The lowest BCUT2D eigenvalue weighted by Crippen LogP contribution is -2.08. The van der Waals surface area contributed by atoms with Gasteiger partial charge in [-0.2, -0.15) is 0 Å². The quantitative estimate of drug-likeness (QED) is 0.200. The Morgan fingerprint density at radius 2 is 1.65 bits per heavy atom. The van der Waals surface area contributed by atoms with Crippen LogP contribution in [0.25, 0.3) is 0 Å². The second kappa shape index (κ2) is 10.5. The van der Waals surface area contributed by atoms with Gasteiger partial charge in [0.05, 0.1) is 6.10 Å². The molecule has 20 heavy (non-hydrogen) atoms. The van der Waals surface area contributed by atoms with E-state index in [0.717, 1.165) is 12.8 Å². The molecule has 0 aliphatic heterocycles. The van der Waals surface area contributed by atoms with Crippen LogP contribution in [0.5, 0.6) is 0 Å². The summed E-state index contributed by atoms with van der Waals surface area (Å²) in [4.78, 5) is 11.2. The zero-order valence-corrected chi connectivity index (χ0v) is 13.7. The maximum Gasteiger partial charge on any atom is 0.330 e. The molecule has 0 aromatic rings. The highest BCUT2D eigenvalue weighted by molar-refractivity contribution is 5.82. The Hall–Kier alpha value is -1.31. The summed E-state index contributed by atoms with van der Waals surface area (Å²) >= 11 is 0. The maximum absolute atomic E-state index is 11.2. The first kappa shape index (κ1) is 18.7. The minimum absolute atomic E-state index is 0.0581. The summed E-state index contributed by atoms with van der Waals surface area (Å²) in [5.41, 5.74) is 0.287. The lowest BCUT2D eigenvalue weighted by atomic mass is 9.96. The van der Waals surface area contributed by atoms with Crippen molar-refractivity contribution in [3.63, 3.8) is 0 Å². The van der Waals surface area contributed by atoms with Gasteiger partial charge in [-0.3, -0.25) is 0 Å². The molecule has 2 nitrogen and oxygen atoms in total. The van der Waals surface area contributed by atoms with Crippen LogP contribution in [0, 0.1) is 5.41 Å². The highest BCUT2D eigenvalue weighted by Crippen LogP contribution is 2.15. The van der Waals surface area contributed by atoms with E-state index >= 15 is 0 Å². The van der Waals surface area contributed by atoms with Gasteiger partial charge in [0, 0.05) is 6.08 Å². The highest BCUT2D eigenvalue weighted by Gasteiger charge is 2.02. The first-order valence-corrected chi connectivity index (χ1v) is 7.53. The average molecular weight is 278 g/mol. The Balaban J connectivity index is 3.61. The fraction of sp³-hybridized carbons (Fsp3) is 0.611. The molecule has 0 aliphatic carbocycles. The van der Waals surface area contributed by atoms with E-state index in [1.54, 1.807) is 6.08 Å². The van der Waals surface area contributed by atoms with Crippen molar-refractivity contribution in [2.45, 2.75) is 66.4 Å². The van der Waals surface area contributed by atoms with Crippen molar-refractivity contribution >= 4 is 5.97 Å². The fourth-order valence-corrected chi connectivity index (χ4v) is 1.54. The number of hydrogen-bond acceptors (Lipinski definition) is 2. The van der Waals surface area contributed by atoms with Gasteiger partial charge < -0.3 is 4.74 Å². The molecule has 0 N–H and O–H groups in total. The molecule has 0 bridgehead atoms. The van der Waals surface area contributed by atoms with Crippen molar-refractivity contribution in [1.29, 1.82) is 0 Å². The zero-order chi connectivity index (χ0) is 15.4. The van der Waals surface area contributed by atoms with E-state index in [9.17, 15) is 4.79 Å². The summed E-state index contributed by atoms with van der Waals surface area (Å²) in [5, 5.41) is 0. The van der Waals surface area contributed by atoms with Gasteiger partial charge in [0.1, 0.15) is 0 Å². The third kappa shape index (κ3) is 14.7. The number of unbranched alkanes of at least 4 members (excludes halogenated alkanes) is 3. The predicted molar refractivity (Wildman–Crippen MR) is 86.6 cm³/mol. The van der Waals surface area contributed by atoms with Gasteiger partial charge >= 0.3 is 5.97 Å².